The van der Waals surface area contributed by atoms with Crippen LogP contribution in [0.1, 0.15) is 26.2 Å². The van der Waals surface area contributed by atoms with Crippen molar-refractivity contribution in [1.82, 2.24) is 9.62 Å². The molecule has 1 N–H and O–H groups in total. The van der Waals surface area contributed by atoms with Gasteiger partial charge in [-0.05, 0) is 44.5 Å². The fourth-order valence-corrected chi connectivity index (χ4v) is 4.78. The molecule has 0 atom stereocenters. The summed E-state index contributed by atoms with van der Waals surface area (Å²) in [5.74, 6) is 1.10. The van der Waals surface area contributed by atoms with Gasteiger partial charge in [-0.15, -0.1) is 0 Å². The number of sulfonamides is 1. The van der Waals surface area contributed by atoms with Gasteiger partial charge in [-0.25, -0.2) is 8.42 Å². The summed E-state index contributed by atoms with van der Waals surface area (Å²) in [6, 6.07) is 4.91. The van der Waals surface area contributed by atoms with E-state index in [0.717, 1.165) is 32.4 Å². The van der Waals surface area contributed by atoms with Crippen molar-refractivity contribution in [2.45, 2.75) is 37.1 Å². The summed E-state index contributed by atoms with van der Waals surface area (Å²) in [5, 5.41) is 3.28. The highest BCUT2D eigenvalue weighted by molar-refractivity contribution is 7.89. The molecule has 1 aromatic rings. The van der Waals surface area contributed by atoms with Gasteiger partial charge < -0.3 is 14.8 Å². The Morgan fingerprint density at radius 2 is 1.95 bits per heavy atom. The van der Waals surface area contributed by atoms with Crippen molar-refractivity contribution in [3.8, 4) is 11.5 Å². The maximum absolute atomic E-state index is 13.0. The molecule has 0 amide bonds. The Kier molecular flexibility index (Phi) is 4.56. The Morgan fingerprint density at radius 3 is 2.68 bits per heavy atom. The number of benzene rings is 1. The average molecular weight is 326 g/mol. The average Bonchev–Trinajstić information content (AvgIpc) is 3.00. The van der Waals surface area contributed by atoms with Crippen molar-refractivity contribution < 1.29 is 17.9 Å². The van der Waals surface area contributed by atoms with E-state index < -0.39 is 10.0 Å². The summed E-state index contributed by atoms with van der Waals surface area (Å²) in [4.78, 5) is 0.281. The molecule has 2 aliphatic rings. The van der Waals surface area contributed by atoms with Gasteiger partial charge in [0.05, 0.1) is 4.90 Å². The predicted octanol–water partition coefficient (Wildman–Crippen LogP) is 1.57. The molecule has 0 aliphatic carbocycles. The molecule has 22 heavy (non-hydrogen) atoms. The molecule has 122 valence electrons. The van der Waals surface area contributed by atoms with E-state index in [1.165, 1.54) is 0 Å². The van der Waals surface area contributed by atoms with Crippen LogP contribution in [0.25, 0.3) is 0 Å². The van der Waals surface area contributed by atoms with E-state index in [1.54, 1.807) is 22.5 Å². The zero-order valence-corrected chi connectivity index (χ0v) is 13.6. The topological polar surface area (TPSA) is 67.9 Å². The highest BCUT2D eigenvalue weighted by atomic mass is 32.2. The number of fused-ring (bicyclic) bond motifs is 1. The van der Waals surface area contributed by atoms with Gasteiger partial charge in [0.1, 0.15) is 0 Å². The largest absolute Gasteiger partial charge is 0.454 e. The minimum atomic E-state index is -3.51. The highest BCUT2D eigenvalue weighted by Crippen LogP contribution is 2.35. The molecule has 7 heteroatoms. The summed E-state index contributed by atoms with van der Waals surface area (Å²) in [6.45, 7) is 4.42. The second-order valence-corrected chi connectivity index (χ2v) is 7.50. The van der Waals surface area contributed by atoms with Crippen LogP contribution in [0.2, 0.25) is 0 Å². The monoisotopic (exact) mass is 326 g/mol. The van der Waals surface area contributed by atoms with Crippen LogP contribution < -0.4 is 14.8 Å². The van der Waals surface area contributed by atoms with Crippen LogP contribution in [0.4, 0.5) is 0 Å². The number of nitrogens with one attached hydrogen (secondary N) is 1. The summed E-state index contributed by atoms with van der Waals surface area (Å²) >= 11 is 0. The van der Waals surface area contributed by atoms with Crippen LogP contribution in [-0.4, -0.2) is 45.2 Å². The minimum absolute atomic E-state index is 0.0663. The molecule has 1 saturated heterocycles. The van der Waals surface area contributed by atoms with Crippen molar-refractivity contribution >= 4 is 10.0 Å². The fraction of sp³-hybridized carbons (Fsp3) is 0.600. The first-order chi connectivity index (χ1) is 10.6. The van der Waals surface area contributed by atoms with E-state index in [1.807, 2.05) is 6.92 Å². The second-order valence-electron chi connectivity index (χ2n) is 5.61. The molecular weight excluding hydrogens is 304 g/mol. The van der Waals surface area contributed by atoms with Crippen LogP contribution >= 0.6 is 0 Å². The third-order valence-electron chi connectivity index (χ3n) is 4.11. The molecule has 6 nitrogen and oxygen atoms in total. The lowest BCUT2D eigenvalue weighted by molar-refractivity contribution is 0.174. The van der Waals surface area contributed by atoms with E-state index in [2.05, 4.69) is 5.32 Å². The molecule has 0 bridgehead atoms. The van der Waals surface area contributed by atoms with Crippen molar-refractivity contribution in [3.05, 3.63) is 18.2 Å². The van der Waals surface area contributed by atoms with E-state index in [-0.39, 0.29) is 17.7 Å². The third-order valence-corrected chi connectivity index (χ3v) is 6.06. The van der Waals surface area contributed by atoms with Crippen LogP contribution in [0, 0.1) is 0 Å². The normalized spacial score (nSPS) is 18.8. The Hall–Kier alpha value is -1.31. The molecular formula is C15H22N2O4S. The first kappa shape index (κ1) is 15.6. The number of ether oxygens (including phenoxy) is 2. The molecule has 0 unspecified atom stereocenters. The molecule has 0 saturated carbocycles. The van der Waals surface area contributed by atoms with Crippen molar-refractivity contribution in [2.24, 2.45) is 0 Å². The molecule has 0 radical (unpaired) electrons. The number of piperidine rings is 1. The standard InChI is InChI=1S/C15H22N2O4S/c1-2-9-17(12-5-7-16-8-6-12)22(18,19)13-3-4-14-15(10-13)21-11-20-14/h3-4,10,12,16H,2,5-9,11H2,1H3. The second kappa shape index (κ2) is 6.44. The molecule has 0 spiro atoms. The Balaban J connectivity index is 1.91. The predicted molar refractivity (Wildman–Crippen MR) is 82.6 cm³/mol. The van der Waals surface area contributed by atoms with E-state index in [4.69, 9.17) is 9.47 Å². The number of rotatable bonds is 5. The minimum Gasteiger partial charge on any atom is -0.454 e. The molecule has 2 aliphatic heterocycles. The number of hydrogen-bond donors (Lipinski definition) is 1. The quantitative estimate of drug-likeness (QED) is 0.889. The van der Waals surface area contributed by atoms with Gasteiger partial charge in [-0.3, -0.25) is 0 Å². The van der Waals surface area contributed by atoms with Crippen LogP contribution in [0.15, 0.2) is 23.1 Å². The summed E-state index contributed by atoms with van der Waals surface area (Å²) in [6.07, 6.45) is 2.50. The first-order valence-corrected chi connectivity index (χ1v) is 9.19. The Bertz CT molecular complexity index is 626. The Morgan fingerprint density at radius 1 is 1.23 bits per heavy atom. The van der Waals surface area contributed by atoms with Gasteiger partial charge in [0.25, 0.3) is 0 Å². The van der Waals surface area contributed by atoms with Crippen LogP contribution in [-0.2, 0) is 10.0 Å². The van der Waals surface area contributed by atoms with Gasteiger partial charge in [-0.2, -0.15) is 4.31 Å². The maximum atomic E-state index is 13.0. The molecule has 0 aromatic heterocycles. The summed E-state index contributed by atoms with van der Waals surface area (Å²) in [7, 11) is -3.51. The smallest absolute Gasteiger partial charge is 0.243 e. The van der Waals surface area contributed by atoms with E-state index in [0.29, 0.717) is 18.0 Å². The zero-order chi connectivity index (χ0) is 15.6. The van der Waals surface area contributed by atoms with Crippen LogP contribution in [0.3, 0.4) is 0 Å². The van der Waals surface area contributed by atoms with Gasteiger partial charge >= 0.3 is 0 Å². The lowest BCUT2D eigenvalue weighted by Gasteiger charge is -2.33. The van der Waals surface area contributed by atoms with Gasteiger partial charge in [0.2, 0.25) is 16.8 Å². The van der Waals surface area contributed by atoms with Gasteiger partial charge in [-0.1, -0.05) is 6.92 Å². The summed E-state index contributed by atoms with van der Waals surface area (Å²) < 4.78 is 38.3. The molecule has 1 aromatic carbocycles. The third kappa shape index (κ3) is 2.93. The highest BCUT2D eigenvalue weighted by Gasteiger charge is 2.32. The Labute approximate surface area is 131 Å². The molecule has 1 fully saturated rings. The van der Waals surface area contributed by atoms with Crippen molar-refractivity contribution in [2.75, 3.05) is 26.4 Å². The number of nitrogens with zero attached hydrogens (tertiary/aromatic N) is 1. The SMILES string of the molecule is CCCN(C1CCNCC1)S(=O)(=O)c1ccc2c(c1)OCO2. The van der Waals surface area contributed by atoms with Gasteiger partial charge in [0, 0.05) is 18.7 Å². The lowest BCUT2D eigenvalue weighted by Crippen LogP contribution is -2.46. The van der Waals surface area contributed by atoms with E-state index >= 15 is 0 Å². The summed E-state index contributed by atoms with van der Waals surface area (Å²) in [5.41, 5.74) is 0. The van der Waals surface area contributed by atoms with Crippen molar-refractivity contribution in [3.63, 3.8) is 0 Å². The molecule has 3 rings (SSSR count). The first-order valence-electron chi connectivity index (χ1n) is 7.75. The fourth-order valence-electron chi connectivity index (χ4n) is 2.99. The van der Waals surface area contributed by atoms with Crippen LogP contribution in [0.5, 0.6) is 11.5 Å². The number of hydrogen-bond acceptors (Lipinski definition) is 5. The van der Waals surface area contributed by atoms with Crippen molar-refractivity contribution in [1.29, 1.82) is 0 Å². The maximum Gasteiger partial charge on any atom is 0.243 e. The molecule has 2 heterocycles. The zero-order valence-electron chi connectivity index (χ0n) is 12.7. The van der Waals surface area contributed by atoms with Gasteiger partial charge in [0.15, 0.2) is 11.5 Å². The van der Waals surface area contributed by atoms with E-state index in [9.17, 15) is 8.42 Å². The lowest BCUT2D eigenvalue weighted by atomic mass is 10.1.